The zero-order valence-corrected chi connectivity index (χ0v) is 20.4. The van der Waals surface area contributed by atoms with Crippen molar-refractivity contribution in [2.24, 2.45) is 5.92 Å². The molecule has 2 aromatic heterocycles. The fourth-order valence-corrected chi connectivity index (χ4v) is 5.26. The molecule has 1 fully saturated rings. The fourth-order valence-electron chi connectivity index (χ4n) is 4.45. The van der Waals surface area contributed by atoms with Crippen molar-refractivity contribution in [2.75, 3.05) is 6.54 Å². The van der Waals surface area contributed by atoms with Crippen molar-refractivity contribution >= 4 is 40.5 Å². The number of aryl methyl sites for hydroxylation is 1. The van der Waals surface area contributed by atoms with Crippen LogP contribution < -0.4 is 5.32 Å². The zero-order valence-electron chi connectivity index (χ0n) is 18.1. The van der Waals surface area contributed by atoms with Crippen LogP contribution in [0.25, 0.3) is 5.69 Å². The summed E-state index contributed by atoms with van der Waals surface area (Å²) < 4.78 is 2.19. The highest BCUT2D eigenvalue weighted by molar-refractivity contribution is 7.80. The highest BCUT2D eigenvalue weighted by Gasteiger charge is 2.41. The minimum Gasteiger partial charge on any atom is -0.352 e. The maximum Gasteiger partial charge on any atom is 0.170 e. The zero-order chi connectivity index (χ0) is 22.3. The minimum absolute atomic E-state index is 0.0258. The molecular formula is C24H26Cl2N4S. The lowest BCUT2D eigenvalue weighted by atomic mass is 9.96. The van der Waals surface area contributed by atoms with Gasteiger partial charge < -0.3 is 14.8 Å². The van der Waals surface area contributed by atoms with Gasteiger partial charge in [0, 0.05) is 29.2 Å². The number of hydrogen-bond donors (Lipinski definition) is 1. The quantitative estimate of drug-likeness (QED) is 0.434. The molecule has 1 aromatic carbocycles. The third-order valence-corrected chi connectivity index (χ3v) is 6.59. The van der Waals surface area contributed by atoms with Crippen LogP contribution in [-0.4, -0.2) is 26.1 Å². The number of nitrogens with zero attached hydrogens (tertiary/aromatic N) is 3. The second-order valence-corrected chi connectivity index (χ2v) is 9.66. The number of thiocarbonyl (C=S) groups is 1. The number of rotatable bonds is 5. The molecule has 3 heterocycles. The van der Waals surface area contributed by atoms with E-state index in [0.29, 0.717) is 16.0 Å². The van der Waals surface area contributed by atoms with Crippen LogP contribution in [0.4, 0.5) is 0 Å². The van der Waals surface area contributed by atoms with E-state index in [2.05, 4.69) is 59.6 Å². The number of nitrogens with one attached hydrogen (secondary N) is 1. The maximum absolute atomic E-state index is 6.56. The lowest BCUT2D eigenvalue weighted by Gasteiger charge is -2.29. The van der Waals surface area contributed by atoms with Gasteiger partial charge in [0.1, 0.15) is 0 Å². The molecule has 2 atom stereocenters. The topological polar surface area (TPSA) is 33.1 Å². The molecule has 7 heteroatoms. The summed E-state index contributed by atoms with van der Waals surface area (Å²) in [6, 6.07) is 13.9. The Bertz CT molecular complexity index is 1110. The van der Waals surface area contributed by atoms with Gasteiger partial charge in [0.25, 0.3) is 0 Å². The molecular weight excluding hydrogens is 447 g/mol. The molecule has 3 aromatic rings. The molecule has 4 nitrogen and oxygen atoms in total. The molecule has 0 aliphatic carbocycles. The molecule has 1 aliphatic heterocycles. The summed E-state index contributed by atoms with van der Waals surface area (Å²) in [7, 11) is 0. The first-order valence-electron chi connectivity index (χ1n) is 10.4. The maximum atomic E-state index is 6.56. The Morgan fingerprint density at radius 2 is 1.90 bits per heavy atom. The van der Waals surface area contributed by atoms with Crippen molar-refractivity contribution in [3.8, 4) is 5.69 Å². The predicted molar refractivity (Wildman–Crippen MR) is 132 cm³/mol. The van der Waals surface area contributed by atoms with Crippen LogP contribution in [0.2, 0.25) is 10.0 Å². The number of aromatic nitrogens is 2. The van der Waals surface area contributed by atoms with Gasteiger partial charge in [-0.2, -0.15) is 0 Å². The lowest BCUT2D eigenvalue weighted by Crippen LogP contribution is -2.33. The average molecular weight is 473 g/mol. The van der Waals surface area contributed by atoms with Gasteiger partial charge in [-0.1, -0.05) is 43.1 Å². The van der Waals surface area contributed by atoms with E-state index in [1.165, 1.54) is 5.56 Å². The average Bonchev–Trinajstić information content (AvgIpc) is 3.18. The molecule has 0 spiro atoms. The largest absolute Gasteiger partial charge is 0.352 e. The Labute approximate surface area is 199 Å². The van der Waals surface area contributed by atoms with Crippen molar-refractivity contribution in [1.82, 2.24) is 19.8 Å². The molecule has 31 heavy (non-hydrogen) atoms. The van der Waals surface area contributed by atoms with E-state index in [-0.39, 0.29) is 12.1 Å². The summed E-state index contributed by atoms with van der Waals surface area (Å²) in [6.07, 6.45) is 1.83. The Morgan fingerprint density at radius 3 is 2.55 bits per heavy atom. The Kier molecular flexibility index (Phi) is 6.29. The molecule has 1 saturated heterocycles. The molecule has 2 unspecified atom stereocenters. The summed E-state index contributed by atoms with van der Waals surface area (Å²) >= 11 is 18.5. The first-order valence-corrected chi connectivity index (χ1v) is 11.6. The van der Waals surface area contributed by atoms with E-state index in [0.717, 1.165) is 34.4 Å². The van der Waals surface area contributed by atoms with Crippen LogP contribution in [0.15, 0.2) is 48.7 Å². The third-order valence-electron chi connectivity index (χ3n) is 5.70. The Balaban J connectivity index is 1.85. The first kappa shape index (κ1) is 22.1. The molecule has 0 amide bonds. The van der Waals surface area contributed by atoms with Crippen LogP contribution in [0.3, 0.4) is 0 Å². The molecule has 0 saturated carbocycles. The Morgan fingerprint density at radius 1 is 1.13 bits per heavy atom. The van der Waals surface area contributed by atoms with Crippen molar-refractivity contribution in [3.05, 3.63) is 81.4 Å². The van der Waals surface area contributed by atoms with E-state index in [9.17, 15) is 0 Å². The van der Waals surface area contributed by atoms with Gasteiger partial charge >= 0.3 is 0 Å². The van der Waals surface area contributed by atoms with Crippen LogP contribution in [0, 0.1) is 19.8 Å². The van der Waals surface area contributed by atoms with Crippen LogP contribution in [0.5, 0.6) is 0 Å². The third kappa shape index (κ3) is 4.19. The van der Waals surface area contributed by atoms with E-state index in [1.54, 1.807) is 6.07 Å². The van der Waals surface area contributed by atoms with Gasteiger partial charge in [-0.3, -0.25) is 4.98 Å². The molecule has 162 valence electrons. The smallest absolute Gasteiger partial charge is 0.170 e. The normalized spacial score (nSPS) is 18.7. The van der Waals surface area contributed by atoms with E-state index >= 15 is 0 Å². The minimum atomic E-state index is -0.0258. The summed E-state index contributed by atoms with van der Waals surface area (Å²) in [6.45, 7) is 9.53. The second kappa shape index (κ2) is 8.81. The van der Waals surface area contributed by atoms with Gasteiger partial charge in [0.15, 0.2) is 5.11 Å². The SMILES string of the molecule is Cc1cc(C2C(c3ccccn3)NC(=S)N2CC(C)C)c(C)n1-c1ccc(Cl)cc1Cl. The van der Waals surface area contributed by atoms with Gasteiger partial charge in [-0.25, -0.2) is 0 Å². The van der Waals surface area contributed by atoms with Crippen LogP contribution in [-0.2, 0) is 0 Å². The molecule has 4 rings (SSSR count). The molecule has 1 aliphatic rings. The van der Waals surface area contributed by atoms with Gasteiger partial charge in [0.05, 0.1) is 28.5 Å². The van der Waals surface area contributed by atoms with E-state index < -0.39 is 0 Å². The van der Waals surface area contributed by atoms with Crippen LogP contribution >= 0.6 is 35.4 Å². The number of halogens is 2. The fraction of sp³-hybridized carbons (Fsp3) is 0.333. The predicted octanol–water partition coefficient (Wildman–Crippen LogP) is 6.42. The number of pyridine rings is 1. The number of hydrogen-bond acceptors (Lipinski definition) is 2. The summed E-state index contributed by atoms with van der Waals surface area (Å²) in [5, 5.41) is 5.55. The summed E-state index contributed by atoms with van der Waals surface area (Å²) in [4.78, 5) is 6.93. The van der Waals surface area contributed by atoms with Crippen molar-refractivity contribution in [2.45, 2.75) is 39.8 Å². The Hall–Kier alpha value is -2.08. The monoisotopic (exact) mass is 472 g/mol. The van der Waals surface area contributed by atoms with E-state index in [4.69, 9.17) is 35.4 Å². The van der Waals surface area contributed by atoms with Gasteiger partial charge in [-0.05, 0) is 73.9 Å². The second-order valence-electron chi connectivity index (χ2n) is 8.43. The molecule has 0 radical (unpaired) electrons. The summed E-state index contributed by atoms with van der Waals surface area (Å²) in [5.41, 5.74) is 5.36. The van der Waals surface area contributed by atoms with Crippen LogP contribution in [0.1, 0.15) is 48.6 Å². The standard InChI is InChI=1S/C24H26Cl2N4S/c1-14(2)13-29-23(22(28-24(29)31)20-7-5-6-10-27-20)18-11-15(3)30(16(18)4)21-9-8-17(25)12-19(21)26/h5-12,14,22-23H,13H2,1-4H3,(H,28,31). The van der Waals surface area contributed by atoms with Crippen molar-refractivity contribution in [3.63, 3.8) is 0 Å². The van der Waals surface area contributed by atoms with Crippen molar-refractivity contribution in [1.29, 1.82) is 0 Å². The molecule has 0 bridgehead atoms. The van der Waals surface area contributed by atoms with E-state index in [1.807, 2.05) is 30.5 Å². The summed E-state index contributed by atoms with van der Waals surface area (Å²) in [5.74, 6) is 0.471. The van der Waals surface area contributed by atoms with Gasteiger partial charge in [-0.15, -0.1) is 0 Å². The number of benzene rings is 1. The highest BCUT2D eigenvalue weighted by Crippen LogP contribution is 2.42. The lowest BCUT2D eigenvalue weighted by molar-refractivity contribution is 0.287. The highest BCUT2D eigenvalue weighted by atomic mass is 35.5. The molecule has 1 N–H and O–H groups in total. The first-order chi connectivity index (χ1) is 14.8. The van der Waals surface area contributed by atoms with Crippen molar-refractivity contribution < 1.29 is 0 Å². The van der Waals surface area contributed by atoms with Gasteiger partial charge in [0.2, 0.25) is 0 Å².